The van der Waals surface area contributed by atoms with Crippen LogP contribution in [0.15, 0.2) is 11.7 Å². The van der Waals surface area contributed by atoms with Crippen LogP contribution in [0.1, 0.15) is 0 Å². The molecule has 0 saturated carbocycles. The minimum Gasteiger partial charge on any atom is -0.244 e. The van der Waals surface area contributed by atoms with Crippen LogP contribution in [0.25, 0.3) is 0 Å². The standard InChI is InChI=1S/C6H2F10/c7-1-4(10,11)5(12,13)2(8)3(9)6(14,15)16/h1H2/b3-2+. The molecular weight excluding hydrogens is 262 g/mol. The second-order valence-corrected chi connectivity index (χ2v) is 2.54. The number of allylic oxidation sites excluding steroid dienone is 2. The first kappa shape index (κ1) is 15.0. The van der Waals surface area contributed by atoms with E-state index < -0.39 is 36.3 Å². The van der Waals surface area contributed by atoms with Gasteiger partial charge in [0.05, 0.1) is 0 Å². The van der Waals surface area contributed by atoms with Crippen LogP contribution in [0.5, 0.6) is 0 Å². The molecule has 0 aliphatic carbocycles. The Labute approximate surface area is 81.5 Å². The molecule has 0 amide bonds. The summed E-state index contributed by atoms with van der Waals surface area (Å²) in [7, 11) is 0. The van der Waals surface area contributed by atoms with E-state index in [9.17, 15) is 43.9 Å². The van der Waals surface area contributed by atoms with Gasteiger partial charge in [-0.05, 0) is 0 Å². The number of rotatable bonds is 3. The summed E-state index contributed by atoms with van der Waals surface area (Å²) < 4.78 is 118. The molecule has 0 nitrogen and oxygen atoms in total. The van der Waals surface area contributed by atoms with Crippen LogP contribution in [-0.4, -0.2) is 24.7 Å². The first-order chi connectivity index (χ1) is 6.88. The van der Waals surface area contributed by atoms with Crippen molar-refractivity contribution in [3.63, 3.8) is 0 Å². The van der Waals surface area contributed by atoms with Crippen molar-refractivity contribution in [3.05, 3.63) is 11.7 Å². The summed E-state index contributed by atoms with van der Waals surface area (Å²) in [6, 6.07) is 0. The molecule has 10 heteroatoms. The smallest absolute Gasteiger partial charge is 0.244 e. The molecule has 0 aliphatic heterocycles. The van der Waals surface area contributed by atoms with Gasteiger partial charge in [0, 0.05) is 0 Å². The third kappa shape index (κ3) is 2.59. The van der Waals surface area contributed by atoms with E-state index in [0.717, 1.165) is 0 Å². The first-order valence-corrected chi connectivity index (χ1v) is 3.32. The quantitative estimate of drug-likeness (QED) is 0.677. The van der Waals surface area contributed by atoms with E-state index in [4.69, 9.17) is 0 Å². The van der Waals surface area contributed by atoms with E-state index in [-0.39, 0.29) is 0 Å². The topological polar surface area (TPSA) is 0 Å². The van der Waals surface area contributed by atoms with Crippen LogP contribution < -0.4 is 0 Å². The Morgan fingerprint density at radius 2 is 1.12 bits per heavy atom. The van der Waals surface area contributed by atoms with Gasteiger partial charge in [-0.2, -0.15) is 35.1 Å². The molecule has 0 aromatic heterocycles. The molecule has 0 fully saturated rings. The van der Waals surface area contributed by atoms with Gasteiger partial charge in [0.15, 0.2) is 6.67 Å². The summed E-state index contributed by atoms with van der Waals surface area (Å²) in [5.74, 6) is -20.0. The summed E-state index contributed by atoms with van der Waals surface area (Å²) in [6.45, 7) is -3.14. The Bertz CT molecular complexity index is 284. The Balaban J connectivity index is 5.51. The van der Waals surface area contributed by atoms with Crippen molar-refractivity contribution in [1.82, 2.24) is 0 Å². The van der Waals surface area contributed by atoms with Gasteiger partial charge < -0.3 is 0 Å². The molecule has 0 aromatic carbocycles. The van der Waals surface area contributed by atoms with Crippen LogP contribution in [0.2, 0.25) is 0 Å². The summed E-state index contributed by atoms with van der Waals surface area (Å²) in [5, 5.41) is 0. The van der Waals surface area contributed by atoms with Crippen molar-refractivity contribution >= 4 is 0 Å². The zero-order valence-corrected chi connectivity index (χ0v) is 6.99. The van der Waals surface area contributed by atoms with Gasteiger partial charge in [0.2, 0.25) is 11.7 Å². The second-order valence-electron chi connectivity index (χ2n) is 2.54. The van der Waals surface area contributed by atoms with Gasteiger partial charge in [-0.3, -0.25) is 0 Å². The Morgan fingerprint density at radius 3 is 1.38 bits per heavy atom. The average molecular weight is 264 g/mol. The molecule has 0 bridgehead atoms. The summed E-state index contributed by atoms with van der Waals surface area (Å²) >= 11 is 0. The predicted octanol–water partition coefficient (Wildman–Crippen LogP) is 3.94. The largest absolute Gasteiger partial charge is 0.445 e. The van der Waals surface area contributed by atoms with Gasteiger partial charge in [-0.1, -0.05) is 0 Å². The van der Waals surface area contributed by atoms with Gasteiger partial charge >= 0.3 is 18.0 Å². The minimum absolute atomic E-state index is 3.14. The van der Waals surface area contributed by atoms with Crippen molar-refractivity contribution in [2.24, 2.45) is 0 Å². The molecule has 0 saturated heterocycles. The van der Waals surface area contributed by atoms with Crippen LogP contribution >= 0.6 is 0 Å². The molecule has 0 aromatic rings. The van der Waals surface area contributed by atoms with E-state index in [1.54, 1.807) is 0 Å². The molecule has 0 atom stereocenters. The highest BCUT2D eigenvalue weighted by Crippen LogP contribution is 2.45. The number of hydrogen-bond donors (Lipinski definition) is 0. The van der Waals surface area contributed by atoms with Crippen LogP contribution in [0.4, 0.5) is 43.9 Å². The van der Waals surface area contributed by atoms with E-state index in [1.807, 2.05) is 0 Å². The number of hydrogen-bond acceptors (Lipinski definition) is 0. The van der Waals surface area contributed by atoms with Crippen molar-refractivity contribution in [2.75, 3.05) is 6.67 Å². The highest BCUT2D eigenvalue weighted by molar-refractivity contribution is 5.17. The van der Waals surface area contributed by atoms with Crippen LogP contribution in [0.3, 0.4) is 0 Å². The summed E-state index contributed by atoms with van der Waals surface area (Å²) in [6.07, 6.45) is -6.19. The molecular formula is C6H2F10. The van der Waals surface area contributed by atoms with Crippen LogP contribution in [-0.2, 0) is 0 Å². The van der Waals surface area contributed by atoms with Gasteiger partial charge in [-0.15, -0.1) is 0 Å². The molecule has 0 heterocycles. The second kappa shape index (κ2) is 4.13. The Kier molecular flexibility index (Phi) is 3.88. The van der Waals surface area contributed by atoms with E-state index in [2.05, 4.69) is 0 Å². The lowest BCUT2D eigenvalue weighted by molar-refractivity contribution is -0.207. The van der Waals surface area contributed by atoms with Gasteiger partial charge in [0.25, 0.3) is 0 Å². The molecule has 0 spiro atoms. The normalized spacial score (nSPS) is 16.1. The Hall–Kier alpha value is -0.960. The van der Waals surface area contributed by atoms with E-state index in [1.165, 1.54) is 0 Å². The summed E-state index contributed by atoms with van der Waals surface area (Å²) in [4.78, 5) is 0. The van der Waals surface area contributed by atoms with Gasteiger partial charge in [-0.25, -0.2) is 8.78 Å². The highest BCUT2D eigenvalue weighted by Gasteiger charge is 2.63. The fourth-order valence-electron chi connectivity index (χ4n) is 0.507. The monoisotopic (exact) mass is 264 g/mol. The van der Waals surface area contributed by atoms with Crippen LogP contribution in [0, 0.1) is 0 Å². The molecule has 0 aliphatic rings. The van der Waals surface area contributed by atoms with E-state index >= 15 is 0 Å². The third-order valence-electron chi connectivity index (χ3n) is 1.34. The lowest BCUT2D eigenvalue weighted by Gasteiger charge is -2.22. The molecule has 0 N–H and O–H groups in total. The average Bonchev–Trinajstić information content (AvgIpc) is 2.13. The predicted molar refractivity (Wildman–Crippen MR) is 31.2 cm³/mol. The molecule has 96 valence electrons. The Morgan fingerprint density at radius 1 is 0.750 bits per heavy atom. The molecule has 0 rings (SSSR count). The van der Waals surface area contributed by atoms with Gasteiger partial charge in [0.1, 0.15) is 0 Å². The molecule has 16 heavy (non-hydrogen) atoms. The maximum absolute atomic E-state index is 12.2. The first-order valence-electron chi connectivity index (χ1n) is 3.32. The third-order valence-corrected chi connectivity index (χ3v) is 1.34. The maximum Gasteiger partial charge on any atom is 0.445 e. The number of alkyl halides is 8. The molecule has 0 unspecified atom stereocenters. The molecule has 0 radical (unpaired) electrons. The van der Waals surface area contributed by atoms with E-state index in [0.29, 0.717) is 0 Å². The number of halogens is 10. The minimum atomic E-state index is -6.21. The fraction of sp³-hybridized carbons (Fsp3) is 0.667. The highest BCUT2D eigenvalue weighted by atomic mass is 19.4. The zero-order valence-electron chi connectivity index (χ0n) is 6.99. The lowest BCUT2D eigenvalue weighted by atomic mass is 10.1. The van der Waals surface area contributed by atoms with Crippen molar-refractivity contribution < 1.29 is 43.9 Å². The summed E-state index contributed by atoms with van der Waals surface area (Å²) in [5.41, 5.74) is 0. The van der Waals surface area contributed by atoms with Crippen molar-refractivity contribution in [1.29, 1.82) is 0 Å². The maximum atomic E-state index is 12.2. The fourth-order valence-corrected chi connectivity index (χ4v) is 0.507. The SMILES string of the molecule is FCC(F)(F)C(F)(F)/C(F)=C(\F)C(F)(F)F. The van der Waals surface area contributed by atoms with Crippen molar-refractivity contribution in [3.8, 4) is 0 Å². The lowest BCUT2D eigenvalue weighted by Crippen LogP contribution is -2.43. The zero-order chi connectivity index (χ0) is 13.4. The van der Waals surface area contributed by atoms with Crippen molar-refractivity contribution in [2.45, 2.75) is 18.0 Å².